The SMILES string of the molecule is Fc1cccc(CN2CCOC(c3ccccc3)C2)c1. The third kappa shape index (κ3) is 3.24. The van der Waals surface area contributed by atoms with E-state index in [1.807, 2.05) is 24.3 Å². The van der Waals surface area contributed by atoms with Crippen molar-refractivity contribution in [3.05, 3.63) is 71.5 Å². The van der Waals surface area contributed by atoms with Crippen molar-refractivity contribution in [3.63, 3.8) is 0 Å². The van der Waals surface area contributed by atoms with Crippen LogP contribution in [0.5, 0.6) is 0 Å². The second-order valence-electron chi connectivity index (χ2n) is 5.14. The largest absolute Gasteiger partial charge is 0.371 e. The second kappa shape index (κ2) is 6.16. The van der Waals surface area contributed by atoms with Crippen molar-refractivity contribution in [3.8, 4) is 0 Å². The number of halogens is 1. The van der Waals surface area contributed by atoms with Crippen LogP contribution >= 0.6 is 0 Å². The molecule has 0 bridgehead atoms. The normalized spacial score (nSPS) is 19.9. The van der Waals surface area contributed by atoms with Crippen molar-refractivity contribution in [2.75, 3.05) is 19.7 Å². The molecule has 1 saturated heterocycles. The smallest absolute Gasteiger partial charge is 0.123 e. The second-order valence-corrected chi connectivity index (χ2v) is 5.14. The van der Waals surface area contributed by atoms with E-state index in [4.69, 9.17) is 4.74 Å². The number of ether oxygens (including phenoxy) is 1. The van der Waals surface area contributed by atoms with Crippen molar-refractivity contribution in [2.45, 2.75) is 12.6 Å². The molecular formula is C17H18FNO. The molecule has 3 rings (SSSR count). The zero-order valence-corrected chi connectivity index (χ0v) is 11.3. The van der Waals surface area contributed by atoms with Crippen molar-refractivity contribution in [1.82, 2.24) is 4.90 Å². The lowest BCUT2D eigenvalue weighted by molar-refractivity contribution is -0.0329. The Morgan fingerprint density at radius 3 is 2.75 bits per heavy atom. The molecule has 1 heterocycles. The molecule has 104 valence electrons. The molecule has 1 fully saturated rings. The summed E-state index contributed by atoms with van der Waals surface area (Å²) in [5.41, 5.74) is 2.22. The lowest BCUT2D eigenvalue weighted by Crippen LogP contribution is -2.37. The van der Waals surface area contributed by atoms with Crippen LogP contribution in [0.25, 0.3) is 0 Å². The van der Waals surface area contributed by atoms with E-state index in [1.54, 1.807) is 12.1 Å². The van der Waals surface area contributed by atoms with Crippen molar-refractivity contribution < 1.29 is 9.13 Å². The highest BCUT2D eigenvalue weighted by Crippen LogP contribution is 2.23. The van der Waals surface area contributed by atoms with Crippen LogP contribution in [0, 0.1) is 5.82 Å². The molecule has 1 aliphatic heterocycles. The standard InChI is InChI=1S/C17H18FNO/c18-16-8-4-5-14(11-16)12-19-9-10-20-17(13-19)15-6-2-1-3-7-15/h1-8,11,17H,9-10,12-13H2. The fourth-order valence-corrected chi connectivity index (χ4v) is 2.61. The van der Waals surface area contributed by atoms with Gasteiger partial charge in [-0.2, -0.15) is 0 Å². The monoisotopic (exact) mass is 271 g/mol. The number of nitrogens with zero attached hydrogens (tertiary/aromatic N) is 1. The van der Waals surface area contributed by atoms with Gasteiger partial charge in [0.2, 0.25) is 0 Å². The van der Waals surface area contributed by atoms with E-state index < -0.39 is 0 Å². The summed E-state index contributed by atoms with van der Waals surface area (Å²) in [5, 5.41) is 0. The molecule has 0 N–H and O–H groups in total. The molecule has 1 aliphatic rings. The third-order valence-electron chi connectivity index (χ3n) is 3.62. The van der Waals surface area contributed by atoms with Gasteiger partial charge in [0.05, 0.1) is 12.7 Å². The number of morpholine rings is 1. The van der Waals surface area contributed by atoms with Gasteiger partial charge in [-0.05, 0) is 23.3 Å². The molecule has 0 aromatic heterocycles. The predicted octanol–water partition coefficient (Wildman–Crippen LogP) is 3.40. The maximum Gasteiger partial charge on any atom is 0.123 e. The Morgan fingerprint density at radius 1 is 1.10 bits per heavy atom. The minimum Gasteiger partial charge on any atom is -0.371 e. The molecule has 0 aliphatic carbocycles. The number of rotatable bonds is 3. The van der Waals surface area contributed by atoms with Crippen molar-refractivity contribution >= 4 is 0 Å². The zero-order chi connectivity index (χ0) is 13.8. The topological polar surface area (TPSA) is 12.5 Å². The number of hydrogen-bond donors (Lipinski definition) is 0. The Morgan fingerprint density at radius 2 is 1.95 bits per heavy atom. The van der Waals surface area contributed by atoms with E-state index in [0.717, 1.165) is 31.8 Å². The Kier molecular flexibility index (Phi) is 4.09. The fourth-order valence-electron chi connectivity index (χ4n) is 2.61. The number of benzene rings is 2. The highest BCUT2D eigenvalue weighted by Gasteiger charge is 2.21. The highest BCUT2D eigenvalue weighted by atomic mass is 19.1. The summed E-state index contributed by atoms with van der Waals surface area (Å²) in [6, 6.07) is 17.1. The van der Waals surface area contributed by atoms with E-state index in [-0.39, 0.29) is 11.9 Å². The van der Waals surface area contributed by atoms with Crippen LogP contribution in [0.15, 0.2) is 54.6 Å². The molecule has 0 radical (unpaired) electrons. The maximum absolute atomic E-state index is 13.2. The summed E-state index contributed by atoms with van der Waals surface area (Å²) >= 11 is 0. The molecule has 2 nitrogen and oxygen atoms in total. The first-order chi connectivity index (χ1) is 9.81. The average molecular weight is 271 g/mol. The summed E-state index contributed by atoms with van der Waals surface area (Å²) in [6.45, 7) is 3.22. The molecule has 0 saturated carbocycles. The molecule has 1 atom stereocenters. The molecule has 2 aromatic rings. The first-order valence-corrected chi connectivity index (χ1v) is 6.94. The molecule has 1 unspecified atom stereocenters. The zero-order valence-electron chi connectivity index (χ0n) is 11.3. The molecule has 3 heteroatoms. The summed E-state index contributed by atoms with van der Waals surface area (Å²) in [6.07, 6.45) is 0.110. The number of hydrogen-bond acceptors (Lipinski definition) is 2. The van der Waals surface area contributed by atoms with Crippen LogP contribution < -0.4 is 0 Å². The van der Waals surface area contributed by atoms with E-state index in [9.17, 15) is 4.39 Å². The van der Waals surface area contributed by atoms with Crippen LogP contribution in [0.2, 0.25) is 0 Å². The van der Waals surface area contributed by atoms with Gasteiger partial charge >= 0.3 is 0 Å². The third-order valence-corrected chi connectivity index (χ3v) is 3.62. The Hall–Kier alpha value is -1.71. The van der Waals surface area contributed by atoms with Gasteiger partial charge in [-0.1, -0.05) is 42.5 Å². The summed E-state index contributed by atoms with van der Waals surface area (Å²) < 4.78 is 19.1. The van der Waals surface area contributed by atoms with Gasteiger partial charge in [-0.3, -0.25) is 4.90 Å². The van der Waals surface area contributed by atoms with Gasteiger partial charge in [0.15, 0.2) is 0 Å². The van der Waals surface area contributed by atoms with Crippen molar-refractivity contribution in [2.24, 2.45) is 0 Å². The van der Waals surface area contributed by atoms with Gasteiger partial charge in [0.25, 0.3) is 0 Å². The van der Waals surface area contributed by atoms with Gasteiger partial charge in [0.1, 0.15) is 5.82 Å². The van der Waals surface area contributed by atoms with Crippen LogP contribution in [-0.2, 0) is 11.3 Å². The highest BCUT2D eigenvalue weighted by molar-refractivity contribution is 5.19. The van der Waals surface area contributed by atoms with E-state index in [0.29, 0.717) is 0 Å². The first kappa shape index (κ1) is 13.3. The minimum absolute atomic E-state index is 0.110. The quantitative estimate of drug-likeness (QED) is 0.848. The molecule has 0 amide bonds. The minimum atomic E-state index is -0.171. The van der Waals surface area contributed by atoms with E-state index >= 15 is 0 Å². The Bertz CT molecular complexity index is 558. The van der Waals surface area contributed by atoms with E-state index in [1.165, 1.54) is 11.6 Å². The molecule has 0 spiro atoms. The predicted molar refractivity (Wildman–Crippen MR) is 76.8 cm³/mol. The van der Waals surface area contributed by atoms with Gasteiger partial charge < -0.3 is 4.74 Å². The van der Waals surface area contributed by atoms with Crippen molar-refractivity contribution in [1.29, 1.82) is 0 Å². The lowest BCUT2D eigenvalue weighted by atomic mass is 10.1. The maximum atomic E-state index is 13.2. The molecule has 2 aromatic carbocycles. The molecular weight excluding hydrogens is 253 g/mol. The van der Waals surface area contributed by atoms with Gasteiger partial charge in [-0.15, -0.1) is 0 Å². The van der Waals surface area contributed by atoms with Crippen LogP contribution in [0.3, 0.4) is 0 Å². The Labute approximate surface area is 118 Å². The van der Waals surface area contributed by atoms with Crippen LogP contribution in [-0.4, -0.2) is 24.6 Å². The lowest BCUT2D eigenvalue weighted by Gasteiger charge is -2.33. The first-order valence-electron chi connectivity index (χ1n) is 6.94. The summed E-state index contributed by atoms with van der Waals surface area (Å²) in [7, 11) is 0. The molecule has 20 heavy (non-hydrogen) atoms. The van der Waals surface area contributed by atoms with Crippen LogP contribution in [0.1, 0.15) is 17.2 Å². The van der Waals surface area contributed by atoms with Gasteiger partial charge in [0, 0.05) is 19.6 Å². The average Bonchev–Trinajstić information content (AvgIpc) is 2.48. The van der Waals surface area contributed by atoms with Gasteiger partial charge in [-0.25, -0.2) is 4.39 Å². The summed E-state index contributed by atoms with van der Waals surface area (Å²) in [5.74, 6) is -0.171. The Balaban J connectivity index is 1.66. The van der Waals surface area contributed by atoms with Crippen LogP contribution in [0.4, 0.5) is 4.39 Å². The van der Waals surface area contributed by atoms with E-state index in [2.05, 4.69) is 17.0 Å². The fraction of sp³-hybridized carbons (Fsp3) is 0.294. The summed E-state index contributed by atoms with van der Waals surface area (Å²) in [4.78, 5) is 2.32.